The number of nitrogens with one attached hydrogen (secondary N) is 1. The van der Waals surface area contributed by atoms with Crippen molar-refractivity contribution < 1.29 is 4.79 Å². The van der Waals surface area contributed by atoms with E-state index in [2.05, 4.69) is 20.6 Å². The van der Waals surface area contributed by atoms with Gasteiger partial charge in [0.2, 0.25) is 0 Å². The zero-order valence-corrected chi connectivity index (χ0v) is 13.4. The van der Waals surface area contributed by atoms with Gasteiger partial charge in [0.1, 0.15) is 0 Å². The fourth-order valence-electron chi connectivity index (χ4n) is 2.61. The van der Waals surface area contributed by atoms with Crippen LogP contribution in [-0.2, 0) is 13.1 Å². The molecule has 0 spiro atoms. The monoisotopic (exact) mass is 332 g/mol. The number of pyridine rings is 1. The van der Waals surface area contributed by atoms with Crippen LogP contribution in [0.15, 0.2) is 67.1 Å². The number of carbonyl (C=O) groups excluding carboxylic acids is 1. The fraction of sp³-hybridized carbons (Fsp3) is 0.111. The number of fused-ring (bicyclic) bond motifs is 1. The highest BCUT2D eigenvalue weighted by Gasteiger charge is 2.11. The average molecular weight is 332 g/mol. The zero-order valence-electron chi connectivity index (χ0n) is 13.4. The largest absolute Gasteiger partial charge is 0.345 e. The lowest BCUT2D eigenvalue weighted by molar-refractivity contribution is 0.0949. The van der Waals surface area contributed by atoms with Crippen LogP contribution in [0.1, 0.15) is 21.7 Å². The van der Waals surface area contributed by atoms with Crippen molar-refractivity contribution in [3.8, 4) is 0 Å². The van der Waals surface area contributed by atoms with Gasteiger partial charge in [0.15, 0.2) is 11.5 Å². The van der Waals surface area contributed by atoms with Crippen LogP contribution in [0.25, 0.3) is 5.65 Å². The maximum absolute atomic E-state index is 12.3. The van der Waals surface area contributed by atoms with E-state index in [1.807, 2.05) is 59.1 Å². The van der Waals surface area contributed by atoms with Crippen LogP contribution < -0.4 is 5.32 Å². The van der Waals surface area contributed by atoms with Crippen LogP contribution in [0.4, 0.5) is 0 Å². The van der Waals surface area contributed by atoms with Gasteiger partial charge in [-0.25, -0.2) is 0 Å². The number of benzene rings is 1. The summed E-state index contributed by atoms with van der Waals surface area (Å²) in [5.41, 5.74) is 2.40. The van der Waals surface area contributed by atoms with Crippen LogP contribution in [0.2, 0.25) is 0 Å². The van der Waals surface area contributed by atoms with E-state index in [1.54, 1.807) is 17.1 Å². The molecule has 0 atom stereocenters. The van der Waals surface area contributed by atoms with Gasteiger partial charge in [-0.2, -0.15) is 5.10 Å². The summed E-state index contributed by atoms with van der Waals surface area (Å²) >= 11 is 0. The number of hydrogen-bond donors (Lipinski definition) is 1. The number of amides is 1. The third kappa shape index (κ3) is 3.25. The molecule has 7 nitrogen and oxygen atoms in total. The molecule has 7 heteroatoms. The summed E-state index contributed by atoms with van der Waals surface area (Å²) in [7, 11) is 0. The predicted octanol–water partition coefficient (Wildman–Crippen LogP) is 1.90. The summed E-state index contributed by atoms with van der Waals surface area (Å²) in [6.45, 7) is 0.927. The van der Waals surface area contributed by atoms with Crippen LogP contribution in [0.5, 0.6) is 0 Å². The molecule has 4 rings (SSSR count). The lowest BCUT2D eigenvalue weighted by Gasteiger charge is -2.03. The molecule has 0 radical (unpaired) electrons. The number of nitrogens with zero attached hydrogens (tertiary/aromatic N) is 5. The first kappa shape index (κ1) is 15.1. The Bertz CT molecular complexity index is 1000. The maximum Gasteiger partial charge on any atom is 0.254 e. The minimum Gasteiger partial charge on any atom is -0.345 e. The van der Waals surface area contributed by atoms with Crippen LogP contribution in [-0.4, -0.2) is 30.3 Å². The van der Waals surface area contributed by atoms with Gasteiger partial charge >= 0.3 is 0 Å². The molecular weight excluding hydrogens is 316 g/mol. The topological polar surface area (TPSA) is 77.1 Å². The molecule has 4 aromatic rings. The summed E-state index contributed by atoms with van der Waals surface area (Å²) in [5.74, 6) is 0.493. The molecule has 0 aliphatic heterocycles. The van der Waals surface area contributed by atoms with E-state index in [4.69, 9.17) is 0 Å². The van der Waals surface area contributed by atoms with E-state index in [-0.39, 0.29) is 5.91 Å². The number of rotatable bonds is 5. The molecule has 0 saturated carbocycles. The second-order valence-corrected chi connectivity index (χ2v) is 5.64. The third-order valence-corrected chi connectivity index (χ3v) is 3.87. The SMILES string of the molecule is O=C(NCc1nnc2ccccn12)c1cnn(Cc2ccccc2)c1. The Morgan fingerprint density at radius 2 is 1.88 bits per heavy atom. The maximum atomic E-state index is 12.3. The van der Waals surface area contributed by atoms with Crippen molar-refractivity contribution in [1.29, 1.82) is 0 Å². The van der Waals surface area contributed by atoms with E-state index < -0.39 is 0 Å². The Balaban J connectivity index is 1.41. The van der Waals surface area contributed by atoms with Crippen molar-refractivity contribution >= 4 is 11.6 Å². The van der Waals surface area contributed by atoms with Crippen molar-refractivity contribution in [1.82, 2.24) is 29.7 Å². The predicted molar refractivity (Wildman–Crippen MR) is 91.9 cm³/mol. The summed E-state index contributed by atoms with van der Waals surface area (Å²) in [4.78, 5) is 12.3. The Kier molecular flexibility index (Phi) is 3.96. The first-order valence-corrected chi connectivity index (χ1v) is 7.93. The molecule has 1 amide bonds. The fourth-order valence-corrected chi connectivity index (χ4v) is 2.61. The normalized spacial score (nSPS) is 10.9. The third-order valence-electron chi connectivity index (χ3n) is 3.87. The number of carbonyl (C=O) groups is 1. The molecule has 3 heterocycles. The van der Waals surface area contributed by atoms with Crippen molar-refractivity contribution in [3.05, 3.63) is 84.1 Å². The lowest BCUT2D eigenvalue weighted by Crippen LogP contribution is -2.23. The molecule has 1 N–H and O–H groups in total. The van der Waals surface area contributed by atoms with Crippen LogP contribution in [0.3, 0.4) is 0 Å². The van der Waals surface area contributed by atoms with E-state index in [1.165, 1.54) is 0 Å². The second-order valence-electron chi connectivity index (χ2n) is 5.64. The minimum atomic E-state index is -0.188. The molecule has 0 bridgehead atoms. The molecular formula is C18H16N6O. The Hall–Kier alpha value is -3.48. The Labute approximate surface area is 143 Å². The minimum absolute atomic E-state index is 0.188. The summed E-state index contributed by atoms with van der Waals surface area (Å²) in [6, 6.07) is 15.6. The smallest absolute Gasteiger partial charge is 0.254 e. The molecule has 124 valence electrons. The summed E-state index contributed by atoms with van der Waals surface area (Å²) < 4.78 is 3.59. The Morgan fingerprint density at radius 3 is 2.76 bits per heavy atom. The van der Waals surface area contributed by atoms with Crippen LogP contribution in [0, 0.1) is 0 Å². The average Bonchev–Trinajstić information content (AvgIpc) is 3.28. The quantitative estimate of drug-likeness (QED) is 0.605. The summed E-state index contributed by atoms with van der Waals surface area (Å²) in [6.07, 6.45) is 5.18. The molecule has 0 saturated heterocycles. The molecule has 25 heavy (non-hydrogen) atoms. The molecule has 1 aromatic carbocycles. The second kappa shape index (κ2) is 6.56. The molecule has 3 aromatic heterocycles. The highest BCUT2D eigenvalue weighted by atomic mass is 16.1. The molecule has 0 aliphatic carbocycles. The number of aromatic nitrogens is 5. The highest BCUT2D eigenvalue weighted by Crippen LogP contribution is 2.05. The van der Waals surface area contributed by atoms with Gasteiger partial charge in [0, 0.05) is 12.4 Å². The lowest BCUT2D eigenvalue weighted by atomic mass is 10.2. The zero-order chi connectivity index (χ0) is 17.1. The standard InChI is InChI=1S/C18H16N6O/c25-18(19-11-17-22-21-16-8-4-5-9-24(16)17)15-10-20-23(13-15)12-14-6-2-1-3-7-14/h1-10,13H,11-12H2,(H,19,25). The highest BCUT2D eigenvalue weighted by molar-refractivity contribution is 5.93. The number of hydrogen-bond acceptors (Lipinski definition) is 4. The van der Waals surface area contributed by atoms with E-state index in [0.717, 1.165) is 11.2 Å². The van der Waals surface area contributed by atoms with Crippen LogP contribution >= 0.6 is 0 Å². The van der Waals surface area contributed by atoms with E-state index in [0.29, 0.717) is 24.5 Å². The summed E-state index contributed by atoms with van der Waals surface area (Å²) in [5, 5.41) is 15.3. The van der Waals surface area contributed by atoms with Gasteiger partial charge < -0.3 is 5.32 Å². The molecule has 0 aliphatic rings. The first-order chi connectivity index (χ1) is 12.3. The van der Waals surface area contributed by atoms with Crippen molar-refractivity contribution in [2.45, 2.75) is 13.1 Å². The van der Waals surface area contributed by atoms with E-state index in [9.17, 15) is 4.79 Å². The Morgan fingerprint density at radius 1 is 1.04 bits per heavy atom. The van der Waals surface area contributed by atoms with E-state index >= 15 is 0 Å². The van der Waals surface area contributed by atoms with Gasteiger partial charge in [-0.15, -0.1) is 10.2 Å². The van der Waals surface area contributed by atoms with Gasteiger partial charge in [0.05, 0.1) is 24.8 Å². The van der Waals surface area contributed by atoms with Gasteiger partial charge in [-0.05, 0) is 17.7 Å². The molecule has 0 unspecified atom stereocenters. The first-order valence-electron chi connectivity index (χ1n) is 7.93. The van der Waals surface area contributed by atoms with Crippen molar-refractivity contribution in [2.75, 3.05) is 0 Å². The van der Waals surface area contributed by atoms with Gasteiger partial charge in [-0.1, -0.05) is 36.4 Å². The van der Waals surface area contributed by atoms with Gasteiger partial charge in [-0.3, -0.25) is 13.9 Å². The van der Waals surface area contributed by atoms with Crippen molar-refractivity contribution in [3.63, 3.8) is 0 Å². The molecule has 0 fully saturated rings. The van der Waals surface area contributed by atoms with Crippen molar-refractivity contribution in [2.24, 2.45) is 0 Å². The van der Waals surface area contributed by atoms with Gasteiger partial charge in [0.25, 0.3) is 5.91 Å².